The molecule has 0 bridgehead atoms. The number of rotatable bonds is 0. The van der Waals surface area contributed by atoms with E-state index in [-0.39, 0.29) is 74.6 Å². The molecule has 1 radical (unpaired) electrons. The molecule has 0 aliphatic heterocycles. The van der Waals surface area contributed by atoms with E-state index in [2.05, 4.69) is 0 Å². The molecule has 0 aromatic carbocycles. The van der Waals surface area contributed by atoms with Gasteiger partial charge in [0.1, 0.15) is 0 Å². The van der Waals surface area contributed by atoms with Gasteiger partial charge in [-0.2, -0.15) is 0 Å². The van der Waals surface area contributed by atoms with Crippen LogP contribution in [0, 0.1) is 0 Å². The van der Waals surface area contributed by atoms with Gasteiger partial charge >= 0.3 is 17.1 Å². The van der Waals surface area contributed by atoms with E-state index in [1.54, 1.807) is 0 Å². The SMILES string of the molecule is [Fe+3].[Fe].[SH-].[SH-].[SH-]. The van der Waals surface area contributed by atoms with Gasteiger partial charge in [-0.3, -0.25) is 0 Å². The maximum Gasteiger partial charge on any atom is 3.00 e. The van der Waals surface area contributed by atoms with Gasteiger partial charge in [-0.25, -0.2) is 0 Å². The third-order valence-electron chi connectivity index (χ3n) is 0. The van der Waals surface area contributed by atoms with E-state index in [1.165, 1.54) is 0 Å². The second kappa shape index (κ2) is 36.1. The summed E-state index contributed by atoms with van der Waals surface area (Å²) in [6.45, 7) is 0. The topological polar surface area (TPSA) is 0 Å². The minimum atomic E-state index is 0. The Morgan fingerprint density at radius 2 is 0.600 bits per heavy atom. The van der Waals surface area contributed by atoms with Crippen LogP contribution in [0.5, 0.6) is 0 Å². The van der Waals surface area contributed by atoms with E-state index in [9.17, 15) is 0 Å². The summed E-state index contributed by atoms with van der Waals surface area (Å²) < 4.78 is 0. The van der Waals surface area contributed by atoms with Crippen LogP contribution in [0.3, 0.4) is 0 Å². The van der Waals surface area contributed by atoms with Crippen LogP contribution in [-0.2, 0) is 74.6 Å². The molecule has 0 N–H and O–H groups in total. The largest absolute Gasteiger partial charge is 3.00 e. The monoisotopic (exact) mass is 211 g/mol. The molecule has 0 saturated carbocycles. The molecule has 0 aliphatic carbocycles. The molecule has 37 valence electrons. The third kappa shape index (κ3) is 23.3. The number of hydrogen-bond donors (Lipinski definition) is 0. The Labute approximate surface area is 74.1 Å². The van der Waals surface area contributed by atoms with Crippen molar-refractivity contribution in [3.05, 3.63) is 0 Å². The fraction of sp³-hybridized carbons (Fsp3) is 0. The van der Waals surface area contributed by atoms with E-state index in [0.29, 0.717) is 0 Å². The van der Waals surface area contributed by atoms with Gasteiger partial charge in [0.2, 0.25) is 0 Å². The molecule has 0 heterocycles. The standard InChI is InChI=1S/2Fe.3H2S/h;;3*1H2/q;+3;;;/p-3. The van der Waals surface area contributed by atoms with Crippen LogP contribution in [0.1, 0.15) is 0 Å². The summed E-state index contributed by atoms with van der Waals surface area (Å²) in [5, 5.41) is 0. The third-order valence-corrected chi connectivity index (χ3v) is 0. The molecule has 5 heteroatoms. The Bertz CT molecular complexity index is 4.85. The van der Waals surface area contributed by atoms with Crippen LogP contribution in [0.2, 0.25) is 0 Å². The van der Waals surface area contributed by atoms with Crippen molar-refractivity contribution in [3.63, 3.8) is 0 Å². The van der Waals surface area contributed by atoms with Crippen LogP contribution in [-0.4, -0.2) is 0 Å². The van der Waals surface area contributed by atoms with E-state index in [4.69, 9.17) is 0 Å². The maximum absolute atomic E-state index is 0. The second-order valence-corrected chi connectivity index (χ2v) is 0. The predicted octanol–water partition coefficient (Wildman–Crippen LogP) is -0.815. The zero-order chi connectivity index (χ0) is 0. The average molecular weight is 211 g/mol. The van der Waals surface area contributed by atoms with E-state index in [0.717, 1.165) is 0 Å². The quantitative estimate of drug-likeness (QED) is 0.292. The zero-order valence-corrected chi connectivity index (χ0v) is 6.94. The molecule has 5 heavy (non-hydrogen) atoms. The first-order valence-electron chi connectivity index (χ1n) is 0. The normalized spacial score (nSPS) is 0. The summed E-state index contributed by atoms with van der Waals surface area (Å²) in [6, 6.07) is 0. The van der Waals surface area contributed by atoms with Crippen molar-refractivity contribution in [2.75, 3.05) is 0 Å². The van der Waals surface area contributed by atoms with Crippen molar-refractivity contribution < 1.29 is 34.1 Å². The summed E-state index contributed by atoms with van der Waals surface area (Å²) >= 11 is 0. The number of hydrogen-bond acceptors (Lipinski definition) is 3. The average Bonchev–Trinajstić information content (AvgIpc) is 0. The molecule has 0 unspecified atom stereocenters. The Morgan fingerprint density at radius 3 is 0.600 bits per heavy atom. The molecule has 0 saturated heterocycles. The first-order valence-corrected chi connectivity index (χ1v) is 0. The molecule has 0 aromatic rings. The van der Waals surface area contributed by atoms with Gasteiger partial charge < -0.3 is 40.5 Å². The van der Waals surface area contributed by atoms with Gasteiger partial charge in [0, 0.05) is 17.1 Å². The first kappa shape index (κ1) is 60.2. The van der Waals surface area contributed by atoms with Crippen molar-refractivity contribution >= 4 is 40.5 Å². The summed E-state index contributed by atoms with van der Waals surface area (Å²) in [4.78, 5) is 0. The van der Waals surface area contributed by atoms with Crippen molar-refractivity contribution in [3.8, 4) is 0 Å². The minimum Gasteiger partial charge on any atom is -0.813 e. The first-order chi connectivity index (χ1) is 0. The molecule has 0 nitrogen and oxygen atoms in total. The van der Waals surface area contributed by atoms with E-state index < -0.39 is 0 Å². The van der Waals surface area contributed by atoms with Crippen molar-refractivity contribution in [1.29, 1.82) is 0 Å². The Hall–Kier alpha value is 2.09. The van der Waals surface area contributed by atoms with Crippen molar-refractivity contribution in [1.82, 2.24) is 0 Å². The van der Waals surface area contributed by atoms with Crippen molar-refractivity contribution in [2.45, 2.75) is 0 Å². The molecule has 0 spiro atoms. The maximum atomic E-state index is 0. The fourth-order valence-corrected chi connectivity index (χ4v) is 0. The van der Waals surface area contributed by atoms with Crippen LogP contribution >= 0.6 is 0 Å². The van der Waals surface area contributed by atoms with Crippen LogP contribution < -0.4 is 0 Å². The summed E-state index contributed by atoms with van der Waals surface area (Å²) in [6.07, 6.45) is 0. The molecular weight excluding hydrogens is 208 g/mol. The Morgan fingerprint density at radius 1 is 0.600 bits per heavy atom. The second-order valence-electron chi connectivity index (χ2n) is 0. The summed E-state index contributed by atoms with van der Waals surface area (Å²) in [5.74, 6) is 0. The minimum absolute atomic E-state index is 0. The molecule has 0 aromatic heterocycles. The van der Waals surface area contributed by atoms with Gasteiger partial charge in [0.25, 0.3) is 0 Å². The van der Waals surface area contributed by atoms with Crippen LogP contribution in [0.15, 0.2) is 0 Å². The molecular formula is H3Fe2S3. The Balaban J connectivity index is 0. The smallest absolute Gasteiger partial charge is 0.813 e. The van der Waals surface area contributed by atoms with Gasteiger partial charge in [-0.15, -0.1) is 0 Å². The van der Waals surface area contributed by atoms with Crippen LogP contribution in [0.4, 0.5) is 0 Å². The van der Waals surface area contributed by atoms with Crippen molar-refractivity contribution in [2.24, 2.45) is 0 Å². The number of thiol groups is 3. The molecule has 0 atom stereocenters. The molecule has 0 rings (SSSR count). The molecule has 0 amide bonds. The fourth-order valence-electron chi connectivity index (χ4n) is 0. The van der Waals surface area contributed by atoms with Gasteiger partial charge in [-0.05, 0) is 0 Å². The Kier molecular flexibility index (Phi) is 435. The zero-order valence-electron chi connectivity index (χ0n) is 2.05. The molecule has 0 fully saturated rings. The van der Waals surface area contributed by atoms with Crippen LogP contribution in [0.25, 0.3) is 0 Å². The molecule has 0 aliphatic rings. The van der Waals surface area contributed by atoms with E-state index in [1.807, 2.05) is 0 Å². The van der Waals surface area contributed by atoms with Gasteiger partial charge in [0.05, 0.1) is 0 Å². The summed E-state index contributed by atoms with van der Waals surface area (Å²) in [5.41, 5.74) is 0. The summed E-state index contributed by atoms with van der Waals surface area (Å²) in [7, 11) is 0. The van der Waals surface area contributed by atoms with E-state index >= 15 is 0 Å². The van der Waals surface area contributed by atoms with Gasteiger partial charge in [-0.1, -0.05) is 0 Å². The predicted molar refractivity (Wildman–Crippen MR) is 26.3 cm³/mol. The van der Waals surface area contributed by atoms with Gasteiger partial charge in [0.15, 0.2) is 0 Å².